The average Bonchev–Trinajstić information content (AvgIpc) is 2.46. The third kappa shape index (κ3) is 10.0. The van der Waals surface area contributed by atoms with Crippen LogP contribution in [0.15, 0.2) is 0 Å². The van der Waals surface area contributed by atoms with Gasteiger partial charge in [-0.05, 0) is 6.42 Å². The van der Waals surface area contributed by atoms with E-state index in [9.17, 15) is 23.7 Å². The van der Waals surface area contributed by atoms with Gasteiger partial charge in [-0.15, -0.1) is 0 Å². The predicted octanol–water partition coefficient (Wildman–Crippen LogP) is -2.47. The lowest BCUT2D eigenvalue weighted by Crippen LogP contribution is -2.50. The summed E-state index contributed by atoms with van der Waals surface area (Å²) in [5.41, 5.74) is 5.22. The molecule has 0 rings (SSSR count). The molecule has 13 nitrogen and oxygen atoms in total. The summed E-state index contributed by atoms with van der Waals surface area (Å²) in [5.74, 6) is -5.36. The van der Waals surface area contributed by atoms with E-state index in [2.05, 4.69) is 22.6 Å². The van der Waals surface area contributed by atoms with Gasteiger partial charge in [0.1, 0.15) is 18.6 Å². The number of carboxylic acid groups (broad SMARTS) is 2. The van der Waals surface area contributed by atoms with Gasteiger partial charge >= 0.3 is 19.8 Å². The third-order valence-corrected chi connectivity index (χ3v) is 3.32. The molecule has 15 heteroatoms. The Morgan fingerprint density at radius 1 is 1.24 bits per heavy atom. The maximum Gasteiger partial charge on any atom is 0.491 e. The van der Waals surface area contributed by atoms with E-state index in [4.69, 9.17) is 25.7 Å². The number of aliphatic carboxylic acids is 2. The summed E-state index contributed by atoms with van der Waals surface area (Å²) in [6, 6.07) is -2.76. The van der Waals surface area contributed by atoms with Crippen LogP contribution in [0.1, 0.15) is 12.8 Å². The van der Waals surface area contributed by atoms with E-state index in [-0.39, 0.29) is 23.7 Å². The number of carbonyl (C=O) groups excluding carboxylic acids is 2. The van der Waals surface area contributed by atoms with Gasteiger partial charge in [-0.25, -0.2) is 4.57 Å². The van der Waals surface area contributed by atoms with Crippen LogP contribution in [0.25, 0.3) is 0 Å². The van der Waals surface area contributed by atoms with Gasteiger partial charge in [-0.3, -0.25) is 19.2 Å². The number of nitrogens with two attached hydrogens (primary N) is 1. The van der Waals surface area contributed by atoms with E-state index in [1.54, 1.807) is 0 Å². The molecule has 0 aliphatic carbocycles. The third-order valence-electron chi connectivity index (χ3n) is 2.55. The van der Waals surface area contributed by atoms with E-state index in [1.165, 1.54) is 0 Å². The number of thiol groups is 1. The van der Waals surface area contributed by atoms with Crippen molar-refractivity contribution >= 4 is 44.2 Å². The number of nitrogens with zero attached hydrogens (tertiary/aromatic N) is 1. The predicted molar refractivity (Wildman–Crippen MR) is 83.1 cm³/mol. The van der Waals surface area contributed by atoms with Crippen LogP contribution in [0.5, 0.6) is 0 Å². The van der Waals surface area contributed by atoms with Crippen molar-refractivity contribution < 1.29 is 48.4 Å². The number of phosphoric acid groups is 1. The Balaban J connectivity index is 4.93. The van der Waals surface area contributed by atoms with Crippen LogP contribution in [0, 0.1) is 0 Å². The molecular formula is C10H18N3O10PS. The molecule has 2 unspecified atom stereocenters. The van der Waals surface area contributed by atoms with Crippen LogP contribution in [-0.2, 0) is 28.4 Å². The normalized spacial score (nSPS) is 13.6. The Bertz CT molecular complexity index is 567. The standard InChI is InChI=1S/C10H18N3O10PS/c11-5(10(18)19)1-2-7(14)12-6(4-25)9(17)13(3-8(15)16)23-24(20,21)22/h5-6,25H,1-4,11H2,(H,12,14)(H,15,16)(H,18,19)(H2,20,21,22). The van der Waals surface area contributed by atoms with Gasteiger partial charge in [-0.1, -0.05) is 0 Å². The first kappa shape index (κ1) is 23.3. The molecule has 0 heterocycles. The van der Waals surface area contributed by atoms with E-state index >= 15 is 0 Å². The second kappa shape index (κ2) is 10.3. The lowest BCUT2D eigenvalue weighted by atomic mass is 10.1. The highest BCUT2D eigenvalue weighted by atomic mass is 32.1. The van der Waals surface area contributed by atoms with Crippen molar-refractivity contribution in [1.29, 1.82) is 0 Å². The first-order valence-corrected chi connectivity index (χ1v) is 8.70. The van der Waals surface area contributed by atoms with Gasteiger partial charge in [0.15, 0.2) is 0 Å². The Morgan fingerprint density at radius 2 is 1.80 bits per heavy atom. The summed E-state index contributed by atoms with van der Waals surface area (Å²) in [7, 11) is -5.23. The van der Waals surface area contributed by atoms with E-state index < -0.39 is 50.2 Å². The highest BCUT2D eigenvalue weighted by molar-refractivity contribution is 7.80. The molecule has 0 radical (unpaired) electrons. The fraction of sp³-hybridized carbons (Fsp3) is 0.600. The Kier molecular flexibility index (Phi) is 9.62. The molecule has 0 fully saturated rings. The number of hydrogen-bond acceptors (Lipinski definition) is 8. The van der Waals surface area contributed by atoms with Crippen molar-refractivity contribution in [3.63, 3.8) is 0 Å². The summed E-state index contributed by atoms with van der Waals surface area (Å²) in [5, 5.41) is 19.3. The number of rotatable bonds is 11. The second-order valence-corrected chi connectivity index (χ2v) is 6.14. The number of nitrogens with one attached hydrogen (secondary N) is 1. The first-order valence-electron chi connectivity index (χ1n) is 6.54. The number of hydrogen-bond donors (Lipinski definition) is 7. The topological polar surface area (TPSA) is 217 Å². The number of carbonyl (C=O) groups is 4. The second-order valence-electron chi connectivity index (χ2n) is 4.63. The molecular weight excluding hydrogens is 385 g/mol. The summed E-state index contributed by atoms with van der Waals surface area (Å²) in [6.07, 6.45) is -0.588. The smallest absolute Gasteiger partial charge is 0.480 e. The van der Waals surface area contributed by atoms with Crippen LogP contribution in [0.2, 0.25) is 0 Å². The Labute approximate surface area is 146 Å². The van der Waals surface area contributed by atoms with Crippen molar-refractivity contribution in [2.24, 2.45) is 5.73 Å². The van der Waals surface area contributed by atoms with Crippen LogP contribution in [0.3, 0.4) is 0 Å². The van der Waals surface area contributed by atoms with Gasteiger partial charge < -0.3 is 31.1 Å². The maximum atomic E-state index is 12.1. The van der Waals surface area contributed by atoms with Crippen molar-refractivity contribution in [1.82, 2.24) is 10.4 Å². The fourth-order valence-corrected chi connectivity index (χ4v) is 2.08. The minimum absolute atomic E-state index is 0.104. The Morgan fingerprint density at radius 3 is 2.20 bits per heavy atom. The van der Waals surface area contributed by atoms with Crippen LogP contribution >= 0.6 is 20.5 Å². The molecule has 0 aliphatic rings. The van der Waals surface area contributed by atoms with E-state index in [1.807, 2.05) is 0 Å². The molecule has 2 amide bonds. The van der Waals surface area contributed by atoms with Gasteiger partial charge in [0.05, 0.1) is 0 Å². The molecule has 0 saturated carbocycles. The highest BCUT2D eigenvalue weighted by Crippen LogP contribution is 2.37. The van der Waals surface area contributed by atoms with Crippen molar-refractivity contribution in [2.45, 2.75) is 24.9 Å². The van der Waals surface area contributed by atoms with Crippen molar-refractivity contribution in [3.05, 3.63) is 0 Å². The summed E-state index contributed by atoms with van der Waals surface area (Å²) >= 11 is 3.79. The maximum absolute atomic E-state index is 12.1. The van der Waals surface area contributed by atoms with Crippen molar-refractivity contribution in [2.75, 3.05) is 12.3 Å². The number of carboxylic acids is 2. The summed E-state index contributed by atoms with van der Waals surface area (Å²) in [6.45, 7) is -1.20. The molecule has 0 saturated heterocycles. The molecule has 25 heavy (non-hydrogen) atoms. The van der Waals surface area contributed by atoms with Gasteiger partial charge in [0.2, 0.25) is 5.91 Å². The van der Waals surface area contributed by atoms with E-state index in [0.29, 0.717) is 0 Å². The summed E-state index contributed by atoms with van der Waals surface area (Å²) < 4.78 is 14.8. The first-order chi connectivity index (χ1) is 11.4. The zero-order valence-corrected chi connectivity index (χ0v) is 14.4. The largest absolute Gasteiger partial charge is 0.491 e. The number of amides is 2. The molecule has 7 N–H and O–H groups in total. The average molecular weight is 403 g/mol. The fourth-order valence-electron chi connectivity index (χ4n) is 1.43. The van der Waals surface area contributed by atoms with Crippen molar-refractivity contribution in [3.8, 4) is 0 Å². The molecule has 0 aromatic carbocycles. The summed E-state index contributed by atoms with van der Waals surface area (Å²) in [4.78, 5) is 62.4. The molecule has 0 spiro atoms. The van der Waals surface area contributed by atoms with E-state index in [0.717, 1.165) is 0 Å². The van der Waals surface area contributed by atoms with Crippen LogP contribution in [0.4, 0.5) is 0 Å². The lowest BCUT2D eigenvalue weighted by molar-refractivity contribution is -0.171. The number of hydroxylamine groups is 2. The minimum atomic E-state index is -5.23. The van der Waals surface area contributed by atoms with Crippen LogP contribution < -0.4 is 11.1 Å². The molecule has 0 aromatic heterocycles. The molecule has 144 valence electrons. The van der Waals surface area contributed by atoms with Crippen LogP contribution in [-0.4, -0.2) is 73.2 Å². The molecule has 0 aliphatic heterocycles. The quantitative estimate of drug-likeness (QED) is 0.109. The SMILES string of the molecule is NC(CCC(=O)NC(CS)C(=O)N(CC(=O)O)OP(=O)(O)O)C(=O)O. The molecule has 0 bridgehead atoms. The molecule has 2 atom stereocenters. The molecule has 0 aromatic rings. The van der Waals surface area contributed by atoms with Gasteiger partial charge in [0, 0.05) is 12.2 Å². The monoisotopic (exact) mass is 403 g/mol. The minimum Gasteiger partial charge on any atom is -0.480 e. The lowest BCUT2D eigenvalue weighted by Gasteiger charge is -2.24. The zero-order chi connectivity index (χ0) is 19.8. The zero-order valence-electron chi connectivity index (χ0n) is 12.6. The highest BCUT2D eigenvalue weighted by Gasteiger charge is 2.32. The van der Waals surface area contributed by atoms with Gasteiger partial charge in [-0.2, -0.15) is 22.3 Å². The Hall–Kier alpha value is -1.70. The van der Waals surface area contributed by atoms with Gasteiger partial charge in [0.25, 0.3) is 5.91 Å².